The Balaban J connectivity index is 1.76. The summed E-state index contributed by atoms with van der Waals surface area (Å²) in [5.41, 5.74) is 1.54. The van der Waals surface area contributed by atoms with Gasteiger partial charge in [0.25, 0.3) is 0 Å². The number of carbonyl (C=O) groups excluding carboxylic acids is 1. The number of nitrogens with zero attached hydrogens (tertiary/aromatic N) is 1. The van der Waals surface area contributed by atoms with Crippen molar-refractivity contribution in [1.82, 2.24) is 4.90 Å². The summed E-state index contributed by atoms with van der Waals surface area (Å²) in [6, 6.07) is 14.1. The van der Waals surface area contributed by atoms with Gasteiger partial charge in [-0.05, 0) is 42.2 Å². The maximum absolute atomic E-state index is 13.7. The van der Waals surface area contributed by atoms with Crippen LogP contribution in [0.25, 0.3) is 0 Å². The van der Waals surface area contributed by atoms with E-state index in [1.54, 1.807) is 18.2 Å². The maximum Gasteiger partial charge on any atom is 0.227 e. The highest BCUT2D eigenvalue weighted by Crippen LogP contribution is 2.33. The largest absolute Gasteiger partial charge is 0.335 e. The summed E-state index contributed by atoms with van der Waals surface area (Å²) < 4.78 is 13.7. The van der Waals surface area contributed by atoms with Crippen LogP contribution in [0.4, 0.5) is 4.39 Å². The molecule has 0 spiro atoms. The molecule has 1 atom stereocenters. The van der Waals surface area contributed by atoms with Crippen molar-refractivity contribution in [1.29, 1.82) is 0 Å². The van der Waals surface area contributed by atoms with Crippen LogP contribution in [0.3, 0.4) is 0 Å². The van der Waals surface area contributed by atoms with Gasteiger partial charge in [0.2, 0.25) is 5.91 Å². The van der Waals surface area contributed by atoms with Crippen LogP contribution in [0.1, 0.15) is 30.0 Å². The van der Waals surface area contributed by atoms with Gasteiger partial charge in [-0.1, -0.05) is 41.9 Å². The minimum absolute atomic E-state index is 0.0254. The molecular weight excluding hydrogens is 301 g/mol. The van der Waals surface area contributed by atoms with Crippen LogP contribution in [-0.4, -0.2) is 17.4 Å². The van der Waals surface area contributed by atoms with Crippen LogP contribution in [0.2, 0.25) is 5.02 Å². The van der Waals surface area contributed by atoms with Crippen LogP contribution in [0, 0.1) is 5.82 Å². The molecule has 1 aliphatic heterocycles. The number of carbonyl (C=O) groups is 1. The summed E-state index contributed by atoms with van der Waals surface area (Å²) in [4.78, 5) is 14.4. The summed E-state index contributed by atoms with van der Waals surface area (Å²) in [6.07, 6.45) is 2.01. The number of benzene rings is 2. The monoisotopic (exact) mass is 317 g/mol. The molecule has 1 unspecified atom stereocenters. The summed E-state index contributed by atoms with van der Waals surface area (Å²) in [6.45, 7) is 0.723. The molecule has 0 bridgehead atoms. The topological polar surface area (TPSA) is 20.3 Å². The zero-order valence-corrected chi connectivity index (χ0v) is 12.9. The lowest BCUT2D eigenvalue weighted by molar-refractivity contribution is -0.131. The molecule has 0 aromatic heterocycles. The summed E-state index contributed by atoms with van der Waals surface area (Å²) in [5, 5.41) is 0.686. The molecule has 1 saturated heterocycles. The second-order valence-corrected chi connectivity index (χ2v) is 6.00. The molecule has 2 aromatic rings. The van der Waals surface area contributed by atoms with Gasteiger partial charge in [0.15, 0.2) is 0 Å². The minimum Gasteiger partial charge on any atom is -0.335 e. The molecule has 1 heterocycles. The van der Waals surface area contributed by atoms with Gasteiger partial charge in [0, 0.05) is 11.6 Å². The van der Waals surface area contributed by atoms with E-state index in [0.29, 0.717) is 10.6 Å². The third kappa shape index (κ3) is 3.14. The number of hydrogen-bond donors (Lipinski definition) is 0. The number of halogens is 2. The van der Waals surface area contributed by atoms with Crippen molar-refractivity contribution in [3.63, 3.8) is 0 Å². The average Bonchev–Trinajstić information content (AvgIpc) is 3.00. The molecule has 0 aliphatic carbocycles. The zero-order chi connectivity index (χ0) is 15.5. The van der Waals surface area contributed by atoms with E-state index in [1.165, 1.54) is 6.07 Å². The lowest BCUT2D eigenvalue weighted by atomic mass is 10.0. The number of rotatable bonds is 3. The minimum atomic E-state index is -0.321. The first-order chi connectivity index (χ1) is 10.6. The van der Waals surface area contributed by atoms with Gasteiger partial charge in [0.1, 0.15) is 5.82 Å². The first kappa shape index (κ1) is 15.0. The lowest BCUT2D eigenvalue weighted by Gasteiger charge is -2.25. The molecule has 2 aromatic carbocycles. The van der Waals surface area contributed by atoms with E-state index in [4.69, 9.17) is 11.6 Å². The van der Waals surface area contributed by atoms with Gasteiger partial charge in [-0.3, -0.25) is 4.79 Å². The van der Waals surface area contributed by atoms with Crippen molar-refractivity contribution in [3.8, 4) is 0 Å². The fourth-order valence-corrected chi connectivity index (χ4v) is 3.13. The Hall–Kier alpha value is -1.87. The second-order valence-electron chi connectivity index (χ2n) is 5.56. The summed E-state index contributed by atoms with van der Waals surface area (Å²) in [7, 11) is 0. The fourth-order valence-electron chi connectivity index (χ4n) is 3.00. The number of hydrogen-bond acceptors (Lipinski definition) is 1. The van der Waals surface area contributed by atoms with E-state index >= 15 is 0 Å². The van der Waals surface area contributed by atoms with E-state index in [0.717, 1.165) is 24.9 Å². The van der Waals surface area contributed by atoms with E-state index in [-0.39, 0.29) is 24.2 Å². The van der Waals surface area contributed by atoms with Crippen LogP contribution >= 0.6 is 11.6 Å². The SMILES string of the molecule is O=C(Cc1ccccc1F)N1CCCC1c1ccc(Cl)cc1. The van der Waals surface area contributed by atoms with Gasteiger partial charge < -0.3 is 4.90 Å². The van der Waals surface area contributed by atoms with Crippen molar-refractivity contribution in [2.75, 3.05) is 6.54 Å². The summed E-state index contributed by atoms with van der Waals surface area (Å²) >= 11 is 5.92. The van der Waals surface area contributed by atoms with Crippen molar-refractivity contribution in [2.24, 2.45) is 0 Å². The molecule has 0 N–H and O–H groups in total. The molecule has 0 radical (unpaired) electrons. The molecule has 4 heteroatoms. The average molecular weight is 318 g/mol. The zero-order valence-electron chi connectivity index (χ0n) is 12.1. The first-order valence-electron chi connectivity index (χ1n) is 7.43. The molecule has 0 saturated carbocycles. The summed E-state index contributed by atoms with van der Waals surface area (Å²) in [5.74, 6) is -0.347. The van der Waals surface area contributed by atoms with E-state index < -0.39 is 0 Å². The predicted molar refractivity (Wildman–Crippen MR) is 85.2 cm³/mol. The van der Waals surface area contributed by atoms with Crippen LogP contribution in [-0.2, 0) is 11.2 Å². The third-order valence-corrected chi connectivity index (χ3v) is 4.38. The molecule has 22 heavy (non-hydrogen) atoms. The van der Waals surface area contributed by atoms with Crippen molar-refractivity contribution >= 4 is 17.5 Å². The van der Waals surface area contributed by atoms with Gasteiger partial charge >= 0.3 is 0 Å². The van der Waals surface area contributed by atoms with Crippen LogP contribution in [0.15, 0.2) is 48.5 Å². The smallest absolute Gasteiger partial charge is 0.227 e. The molecular formula is C18H17ClFNO. The second kappa shape index (κ2) is 6.49. The van der Waals surface area contributed by atoms with Crippen LogP contribution < -0.4 is 0 Å². The van der Waals surface area contributed by atoms with Crippen molar-refractivity contribution < 1.29 is 9.18 Å². The van der Waals surface area contributed by atoms with E-state index in [2.05, 4.69) is 0 Å². The molecule has 3 rings (SSSR count). The maximum atomic E-state index is 13.7. The molecule has 2 nitrogen and oxygen atoms in total. The third-order valence-electron chi connectivity index (χ3n) is 4.13. The number of amides is 1. The van der Waals surface area contributed by atoms with E-state index in [1.807, 2.05) is 29.2 Å². The highest BCUT2D eigenvalue weighted by Gasteiger charge is 2.30. The van der Waals surface area contributed by atoms with Crippen LogP contribution in [0.5, 0.6) is 0 Å². The van der Waals surface area contributed by atoms with Gasteiger partial charge in [-0.15, -0.1) is 0 Å². The highest BCUT2D eigenvalue weighted by molar-refractivity contribution is 6.30. The Bertz CT molecular complexity index is 671. The van der Waals surface area contributed by atoms with Gasteiger partial charge in [0.05, 0.1) is 12.5 Å². The molecule has 114 valence electrons. The highest BCUT2D eigenvalue weighted by atomic mass is 35.5. The Morgan fingerprint density at radius 3 is 2.64 bits per heavy atom. The quantitative estimate of drug-likeness (QED) is 0.822. The lowest BCUT2D eigenvalue weighted by Crippen LogP contribution is -2.32. The first-order valence-corrected chi connectivity index (χ1v) is 7.81. The van der Waals surface area contributed by atoms with Crippen molar-refractivity contribution in [2.45, 2.75) is 25.3 Å². The Labute approximate surface area is 134 Å². The Morgan fingerprint density at radius 2 is 1.91 bits per heavy atom. The van der Waals surface area contributed by atoms with Crippen molar-refractivity contribution in [3.05, 3.63) is 70.5 Å². The Morgan fingerprint density at radius 1 is 1.18 bits per heavy atom. The fraction of sp³-hybridized carbons (Fsp3) is 0.278. The number of likely N-dealkylation sites (tertiary alicyclic amines) is 1. The standard InChI is InChI=1S/C18H17ClFNO/c19-15-9-7-13(8-10-15)17-6-3-11-21(17)18(22)12-14-4-1-2-5-16(14)20/h1-2,4-5,7-10,17H,3,6,11-12H2. The van der Waals surface area contributed by atoms with E-state index in [9.17, 15) is 9.18 Å². The Kier molecular flexibility index (Phi) is 4.44. The van der Waals surface area contributed by atoms with Gasteiger partial charge in [-0.2, -0.15) is 0 Å². The predicted octanol–water partition coefficient (Wildman–Crippen LogP) is 4.39. The molecule has 1 fully saturated rings. The van der Waals surface area contributed by atoms with Gasteiger partial charge in [-0.25, -0.2) is 4.39 Å². The molecule has 1 aliphatic rings. The molecule has 1 amide bonds. The normalized spacial score (nSPS) is 17.7.